The summed E-state index contributed by atoms with van der Waals surface area (Å²) in [4.78, 5) is 65.2. The molecule has 28 heteroatoms. The Morgan fingerprint density at radius 3 is 1.50 bits per heavy atom. The first kappa shape index (κ1) is 106. The number of cyclic esters (lactones) is 3. The quantitative estimate of drug-likeness (QED) is 0.187. The van der Waals surface area contributed by atoms with Crippen molar-refractivity contribution in [1.82, 2.24) is 0 Å². The van der Waals surface area contributed by atoms with Crippen molar-refractivity contribution < 1.29 is 133 Å². The van der Waals surface area contributed by atoms with Crippen molar-refractivity contribution >= 4 is 35.4 Å². The van der Waals surface area contributed by atoms with E-state index in [1.807, 2.05) is 111 Å². The molecule has 0 aromatic heterocycles. The molecule has 30 atom stereocenters. The van der Waals surface area contributed by atoms with Crippen molar-refractivity contribution in [3.8, 4) is 0 Å². The van der Waals surface area contributed by atoms with Crippen LogP contribution in [0.1, 0.15) is 320 Å². The Hall–Kier alpha value is -3.50. The third kappa shape index (κ3) is 32.1. The maximum atomic E-state index is 12.0. The normalized spacial score (nSPS) is 42.4. The molecule has 16 aliphatic heterocycles. The molecule has 127 heavy (non-hydrogen) atoms. The van der Waals surface area contributed by atoms with Gasteiger partial charge in [-0.1, -0.05) is 48.5 Å². The Labute approximate surface area is 760 Å². The number of Topliss-reactive ketones (excluding diaryl/α,β-unsaturated/α-hetero) is 2. The molecule has 7 aliphatic carbocycles. The van der Waals surface area contributed by atoms with Crippen LogP contribution in [0.3, 0.4) is 0 Å². The van der Waals surface area contributed by atoms with Crippen molar-refractivity contribution in [2.24, 2.45) is 76.4 Å². The van der Waals surface area contributed by atoms with Crippen LogP contribution < -0.4 is 0 Å². The number of ether oxygens (including phenoxy) is 22. The van der Waals surface area contributed by atoms with Crippen LogP contribution in [0.15, 0.2) is 0 Å². The number of hydrogen-bond acceptors (Lipinski definition) is 28. The SMILES string of the molecule is CC1(C)CCOC(=O)C1.CC1C(C2COC(C)(C)O2)OC2OC(C)(C)OC21.CC1C2CC3C(=O)OC1C3C2.CC1CC2CCC1O2.CC1CCCC(=O)C1.CC1CCCC(=O)O1.CC1CCCCO1.CC1CCCO1.CC1COC(=O)C1.CC1COC(C)(C)O1.CC1COCO1.CC1OC2OC(C)(C)OC2C2OC(C)(C)OC12.CCOC1C2CC3CC(C2)C(=O)C1C3. The molecule has 0 spiro atoms. The number of rotatable bonds is 3. The first-order valence-electron chi connectivity index (χ1n) is 49.2. The fourth-order valence-electron chi connectivity index (χ4n) is 21.6. The maximum Gasteiger partial charge on any atom is 0.309 e. The Balaban J connectivity index is 0.000000146. The minimum absolute atomic E-state index is 0.0164. The van der Waals surface area contributed by atoms with Gasteiger partial charge in [0.1, 0.15) is 55.0 Å². The lowest BCUT2D eigenvalue weighted by Gasteiger charge is -2.52. The van der Waals surface area contributed by atoms with E-state index in [-0.39, 0.29) is 121 Å². The fourth-order valence-corrected chi connectivity index (χ4v) is 21.6. The van der Waals surface area contributed by atoms with Crippen LogP contribution in [-0.2, 0) is 133 Å². The molecule has 0 aromatic rings. The Morgan fingerprint density at radius 1 is 0.417 bits per heavy atom. The summed E-state index contributed by atoms with van der Waals surface area (Å²) >= 11 is 0. The average Bonchev–Trinajstić information content (AvgIpc) is 1.67. The lowest BCUT2D eigenvalue weighted by Crippen LogP contribution is -2.54. The van der Waals surface area contributed by atoms with Crippen LogP contribution in [-0.4, -0.2) is 234 Å². The molecule has 16 saturated heterocycles. The van der Waals surface area contributed by atoms with Crippen LogP contribution in [0.4, 0.5) is 0 Å². The van der Waals surface area contributed by atoms with Gasteiger partial charge in [-0.15, -0.1) is 0 Å². The second-order valence-electron chi connectivity index (χ2n) is 43.1. The van der Waals surface area contributed by atoms with E-state index in [1.165, 1.54) is 77.0 Å². The standard InChI is InChI=1S/C13H22O5.C12H20O5.C12H18O2.C9H12O2.C7H12O2.2C7H12O.C6H12O2.C6H10O2.C6H12O.C5H8O2.C5H10O.C4H8O2/c1-7-9(8-6-14-12(2,3)16-8)15-11-10(7)17-13(4,5)18-11;1-6-7-8(15-11(2,3)14-7)9-10(13-6)17-12(4,5)16-9;1-2-14-12-9-4-7-3-8(6-9)11(13)10(12)5-7;1-4-5-2-6-7(3-5)9(10)11-8(4)6;1-7(2)3-4-9-6(8)5-7;1-5-4-6-2-3-7(5)8-6;1-6-3-2-4-7(8)5-6;1-5-4-7-6(2,3)8-5;1-5-3-2-4-6(7)8-5;1-6-4-2-3-5-7-6;1-4-2-5(6)7-3-4;1-5-3-2-4-6-5;1-4-2-5-3-6-4/h7-11H,6H2,1-5H3;6-10H,1-5H3;7-10,12H,2-6H2,1H3;4-8H,2-3H2,1H3;3-5H2,1-2H3;5-7H,2-4H2,1H3;6H,2-5H2,1H3;5H,4H2,1-3H3;5H,2-4H2,1H3;6H,2-5H2,1H3;4H,2-3H2,1H3;5H,2-4H2,1H3;4H,2-3H2,1H3. The van der Waals surface area contributed by atoms with Gasteiger partial charge in [0.25, 0.3) is 0 Å². The van der Waals surface area contributed by atoms with E-state index in [9.17, 15) is 28.8 Å². The summed E-state index contributed by atoms with van der Waals surface area (Å²) in [5.74, 6) is 5.08. The van der Waals surface area contributed by atoms with Crippen molar-refractivity contribution in [3.05, 3.63) is 0 Å². The summed E-state index contributed by atoms with van der Waals surface area (Å²) in [5.41, 5.74) is 0.176. The van der Waals surface area contributed by atoms with E-state index in [1.54, 1.807) is 0 Å². The minimum Gasteiger partial charge on any atom is -0.466 e. The highest BCUT2D eigenvalue weighted by Gasteiger charge is 2.62. The van der Waals surface area contributed by atoms with Crippen LogP contribution in [0.2, 0.25) is 0 Å². The summed E-state index contributed by atoms with van der Waals surface area (Å²) in [7, 11) is 0. The van der Waals surface area contributed by atoms with Gasteiger partial charge >= 0.3 is 23.9 Å². The molecule has 0 radical (unpaired) electrons. The first-order valence-corrected chi connectivity index (χ1v) is 49.2. The molecule has 8 bridgehead atoms. The zero-order valence-corrected chi connectivity index (χ0v) is 82.1. The smallest absolute Gasteiger partial charge is 0.309 e. The number of esters is 4. The lowest BCUT2D eigenvalue weighted by atomic mass is 9.54. The third-order valence-electron chi connectivity index (χ3n) is 28.2. The van der Waals surface area contributed by atoms with E-state index >= 15 is 0 Å². The number of ketones is 2. The predicted octanol–water partition coefficient (Wildman–Crippen LogP) is 16.9. The van der Waals surface area contributed by atoms with Gasteiger partial charge in [0, 0.05) is 68.7 Å². The van der Waals surface area contributed by atoms with Crippen molar-refractivity contribution in [1.29, 1.82) is 0 Å². The first-order chi connectivity index (χ1) is 59.7. The summed E-state index contributed by atoms with van der Waals surface area (Å²) in [5, 5.41) is 0. The van der Waals surface area contributed by atoms with E-state index < -0.39 is 23.1 Å². The lowest BCUT2D eigenvalue weighted by molar-refractivity contribution is -0.229. The zero-order chi connectivity index (χ0) is 92.7. The third-order valence-corrected chi connectivity index (χ3v) is 28.2. The maximum absolute atomic E-state index is 12.0. The summed E-state index contributed by atoms with van der Waals surface area (Å²) < 4.78 is 120. The summed E-state index contributed by atoms with van der Waals surface area (Å²) in [6, 6.07) is 0. The van der Waals surface area contributed by atoms with Crippen LogP contribution >= 0.6 is 0 Å². The highest BCUT2D eigenvalue weighted by atomic mass is 16.9. The molecule has 28 nitrogen and oxygen atoms in total. The van der Waals surface area contributed by atoms with Gasteiger partial charge in [0.15, 0.2) is 41.5 Å². The molecule has 7 saturated carbocycles. The average molecular weight is 1810 g/mol. The monoisotopic (exact) mass is 1810 g/mol. The molecule has 30 unspecified atom stereocenters. The van der Waals surface area contributed by atoms with Crippen molar-refractivity contribution in [3.63, 3.8) is 0 Å². The van der Waals surface area contributed by atoms with Crippen molar-refractivity contribution in [2.75, 3.05) is 59.6 Å². The Morgan fingerprint density at radius 2 is 1.06 bits per heavy atom. The summed E-state index contributed by atoms with van der Waals surface area (Å²) in [6.07, 6.45) is 28.9. The largest absolute Gasteiger partial charge is 0.466 e. The van der Waals surface area contributed by atoms with E-state index in [4.69, 9.17) is 99.5 Å². The van der Waals surface area contributed by atoms with E-state index in [0.29, 0.717) is 135 Å². The predicted molar refractivity (Wildman–Crippen MR) is 471 cm³/mol. The van der Waals surface area contributed by atoms with Gasteiger partial charge < -0.3 is 104 Å². The molecule has 23 aliphatic rings. The highest BCUT2D eigenvalue weighted by molar-refractivity contribution is 5.86. The topological polar surface area (TPSA) is 305 Å². The highest BCUT2D eigenvalue weighted by Crippen LogP contribution is 2.58. The van der Waals surface area contributed by atoms with E-state index in [0.717, 1.165) is 109 Å². The second kappa shape index (κ2) is 47.3. The van der Waals surface area contributed by atoms with Gasteiger partial charge in [0.2, 0.25) is 0 Å². The van der Waals surface area contributed by atoms with Gasteiger partial charge in [-0.05, 0) is 281 Å². The Bertz CT molecular complexity index is 3360. The van der Waals surface area contributed by atoms with E-state index in [2.05, 4.69) is 60.1 Å². The molecule has 732 valence electrons. The molecule has 0 amide bonds. The van der Waals surface area contributed by atoms with Gasteiger partial charge in [-0.3, -0.25) is 28.8 Å². The molecule has 23 fully saturated rings. The van der Waals surface area contributed by atoms with Crippen LogP contribution in [0, 0.1) is 76.4 Å². The number of carbonyl (C=O) groups is 6. The second-order valence-corrected chi connectivity index (χ2v) is 43.1. The molecule has 0 N–H and O–H groups in total. The van der Waals surface area contributed by atoms with Gasteiger partial charge in [0.05, 0.1) is 113 Å². The molecular weight excluding hydrogens is 1640 g/mol. The number of fused-ring (bicyclic) bond motifs is 7. The number of carbonyl (C=O) groups excluding carboxylic acids is 6. The minimum atomic E-state index is -0.625. The van der Waals surface area contributed by atoms with Crippen LogP contribution in [0.25, 0.3) is 0 Å². The van der Waals surface area contributed by atoms with Gasteiger partial charge in [-0.2, -0.15) is 0 Å². The zero-order valence-electron chi connectivity index (χ0n) is 82.1. The Kier molecular flexibility index (Phi) is 39.3. The molecule has 0 aromatic carbocycles. The summed E-state index contributed by atoms with van der Waals surface area (Å²) in [6.45, 7) is 54.8. The fraction of sp³-hybridized carbons (Fsp3) is 0.939. The van der Waals surface area contributed by atoms with Crippen LogP contribution in [0.5, 0.6) is 0 Å². The molecular formula is C99H168O28. The number of hydrogen-bond donors (Lipinski definition) is 0. The van der Waals surface area contributed by atoms with Crippen molar-refractivity contribution in [2.45, 2.75) is 459 Å². The molecule has 16 heterocycles. The molecule has 23 rings (SSSR count). The van der Waals surface area contributed by atoms with Gasteiger partial charge in [-0.25, -0.2) is 0 Å².